The van der Waals surface area contributed by atoms with Gasteiger partial charge in [0.2, 0.25) is 0 Å². The normalized spacial score (nSPS) is 11.8. The molecule has 2 aromatic carbocycles. The van der Waals surface area contributed by atoms with Crippen molar-refractivity contribution in [2.24, 2.45) is 0 Å². The number of ether oxygens (including phenoxy) is 1. The maximum Gasteiger partial charge on any atom is 0.262 e. The van der Waals surface area contributed by atoms with Crippen molar-refractivity contribution >= 4 is 23.2 Å². The molecule has 0 radical (unpaired) electrons. The maximum absolute atomic E-state index is 11.8. The van der Waals surface area contributed by atoms with Crippen LogP contribution in [0.5, 0.6) is 5.75 Å². The summed E-state index contributed by atoms with van der Waals surface area (Å²) in [6.07, 6.45) is -0.523. The summed E-state index contributed by atoms with van der Waals surface area (Å²) >= 11 is 5.84. The van der Waals surface area contributed by atoms with Gasteiger partial charge in [-0.3, -0.25) is 4.79 Å². The van der Waals surface area contributed by atoms with Crippen molar-refractivity contribution in [3.8, 4) is 5.75 Å². The van der Waals surface area contributed by atoms with Gasteiger partial charge in [-0.2, -0.15) is 0 Å². The van der Waals surface area contributed by atoms with Crippen molar-refractivity contribution in [1.82, 2.24) is 0 Å². The van der Waals surface area contributed by atoms with Gasteiger partial charge in [-0.15, -0.1) is 0 Å². The highest BCUT2D eigenvalue weighted by atomic mass is 35.5. The van der Waals surface area contributed by atoms with Crippen LogP contribution in [0.3, 0.4) is 0 Å². The predicted octanol–water partition coefficient (Wildman–Crippen LogP) is 3.41. The quantitative estimate of drug-likeness (QED) is 0.890. The van der Waals surface area contributed by atoms with Crippen LogP contribution in [0, 0.1) is 0 Å². The van der Waals surface area contributed by atoms with E-state index in [0.717, 1.165) is 5.56 Å². The molecular formula is C16H16ClNO3. The molecule has 0 aliphatic heterocycles. The first kappa shape index (κ1) is 15.4. The fourth-order valence-corrected chi connectivity index (χ4v) is 1.95. The second-order valence-corrected chi connectivity index (χ2v) is 5.03. The minimum absolute atomic E-state index is 0.0967. The first-order chi connectivity index (χ1) is 10.0. The number of aliphatic hydroxyl groups is 1. The molecule has 21 heavy (non-hydrogen) atoms. The summed E-state index contributed by atoms with van der Waals surface area (Å²) in [6.45, 7) is 1.59. The monoisotopic (exact) mass is 305 g/mol. The third-order valence-electron chi connectivity index (χ3n) is 2.84. The van der Waals surface area contributed by atoms with Crippen LogP contribution < -0.4 is 10.1 Å². The Morgan fingerprint density at radius 2 is 2.00 bits per heavy atom. The van der Waals surface area contributed by atoms with Gasteiger partial charge in [-0.25, -0.2) is 0 Å². The van der Waals surface area contributed by atoms with E-state index in [9.17, 15) is 9.90 Å². The van der Waals surface area contributed by atoms with Gasteiger partial charge in [0.15, 0.2) is 6.61 Å². The van der Waals surface area contributed by atoms with Crippen LogP contribution in [-0.2, 0) is 4.79 Å². The summed E-state index contributed by atoms with van der Waals surface area (Å²) in [4.78, 5) is 11.8. The molecule has 1 atom stereocenters. The van der Waals surface area contributed by atoms with Crippen LogP contribution in [0.25, 0.3) is 0 Å². The van der Waals surface area contributed by atoms with Gasteiger partial charge in [0.05, 0.1) is 6.10 Å². The number of carbonyl (C=O) groups excluding carboxylic acids is 1. The standard InChI is InChI=1S/C16H16ClNO3/c1-11(19)12-5-7-15(8-6-12)21-10-16(20)18-14-4-2-3-13(17)9-14/h2-9,11,19H,10H2,1H3,(H,18,20)/t11-/m1/s1. The second-order valence-electron chi connectivity index (χ2n) is 4.59. The lowest BCUT2D eigenvalue weighted by molar-refractivity contribution is -0.118. The van der Waals surface area contributed by atoms with E-state index in [0.29, 0.717) is 16.5 Å². The minimum atomic E-state index is -0.523. The number of hydrogen-bond acceptors (Lipinski definition) is 3. The van der Waals surface area contributed by atoms with Crippen molar-refractivity contribution in [2.45, 2.75) is 13.0 Å². The molecule has 2 aromatic rings. The van der Waals surface area contributed by atoms with E-state index in [1.54, 1.807) is 55.5 Å². The third kappa shape index (κ3) is 4.77. The van der Waals surface area contributed by atoms with Gasteiger partial charge >= 0.3 is 0 Å². The minimum Gasteiger partial charge on any atom is -0.484 e. The Labute approximate surface area is 128 Å². The summed E-state index contributed by atoms with van der Waals surface area (Å²) in [5.74, 6) is 0.303. The lowest BCUT2D eigenvalue weighted by atomic mass is 10.1. The first-order valence-electron chi connectivity index (χ1n) is 6.51. The summed E-state index contributed by atoms with van der Waals surface area (Å²) in [6, 6.07) is 13.9. The molecule has 4 nitrogen and oxygen atoms in total. The summed E-state index contributed by atoms with van der Waals surface area (Å²) in [5, 5.41) is 12.7. The Hall–Kier alpha value is -2.04. The van der Waals surface area contributed by atoms with Crippen molar-refractivity contribution < 1.29 is 14.6 Å². The fraction of sp³-hybridized carbons (Fsp3) is 0.188. The van der Waals surface area contributed by atoms with Crippen molar-refractivity contribution in [2.75, 3.05) is 11.9 Å². The molecule has 0 unspecified atom stereocenters. The number of rotatable bonds is 5. The van der Waals surface area contributed by atoms with E-state index >= 15 is 0 Å². The Bertz CT molecular complexity index is 611. The average Bonchev–Trinajstić information content (AvgIpc) is 2.45. The van der Waals surface area contributed by atoms with Crippen LogP contribution in [0.2, 0.25) is 5.02 Å². The van der Waals surface area contributed by atoms with Gasteiger partial charge in [-0.1, -0.05) is 29.8 Å². The second kappa shape index (κ2) is 7.11. The molecule has 0 aromatic heterocycles. The van der Waals surface area contributed by atoms with Gasteiger partial charge in [0, 0.05) is 10.7 Å². The van der Waals surface area contributed by atoms with E-state index in [4.69, 9.17) is 16.3 Å². The van der Waals surface area contributed by atoms with Crippen molar-refractivity contribution in [3.63, 3.8) is 0 Å². The molecule has 5 heteroatoms. The van der Waals surface area contributed by atoms with Crippen molar-refractivity contribution in [3.05, 3.63) is 59.1 Å². The Kier molecular flexibility index (Phi) is 5.20. The molecule has 0 fully saturated rings. The Balaban J connectivity index is 1.86. The summed E-state index contributed by atoms with van der Waals surface area (Å²) < 4.78 is 5.38. The SMILES string of the molecule is C[C@@H](O)c1ccc(OCC(=O)Nc2cccc(Cl)c2)cc1. The number of hydrogen-bond donors (Lipinski definition) is 2. The molecule has 0 saturated heterocycles. The molecule has 2 N–H and O–H groups in total. The Morgan fingerprint density at radius 3 is 2.62 bits per heavy atom. The largest absolute Gasteiger partial charge is 0.484 e. The highest BCUT2D eigenvalue weighted by Crippen LogP contribution is 2.18. The number of benzene rings is 2. The molecule has 2 rings (SSSR count). The smallest absolute Gasteiger partial charge is 0.262 e. The van der Waals surface area contributed by atoms with Gasteiger partial charge in [-0.05, 0) is 42.8 Å². The van der Waals surface area contributed by atoms with Crippen LogP contribution in [0.4, 0.5) is 5.69 Å². The van der Waals surface area contributed by atoms with Crippen LogP contribution in [-0.4, -0.2) is 17.6 Å². The molecule has 110 valence electrons. The first-order valence-corrected chi connectivity index (χ1v) is 6.88. The van der Waals surface area contributed by atoms with E-state index in [-0.39, 0.29) is 12.5 Å². The van der Waals surface area contributed by atoms with Gasteiger partial charge < -0.3 is 15.2 Å². The molecule has 0 aliphatic rings. The molecule has 1 amide bonds. The van der Waals surface area contributed by atoms with Crippen LogP contribution in [0.15, 0.2) is 48.5 Å². The lowest BCUT2D eigenvalue weighted by Gasteiger charge is -2.09. The zero-order chi connectivity index (χ0) is 15.2. The summed E-state index contributed by atoms with van der Waals surface area (Å²) in [7, 11) is 0. The fourth-order valence-electron chi connectivity index (χ4n) is 1.75. The predicted molar refractivity (Wildman–Crippen MR) is 82.7 cm³/mol. The molecule has 0 aliphatic carbocycles. The average molecular weight is 306 g/mol. The zero-order valence-corrected chi connectivity index (χ0v) is 12.3. The van der Waals surface area contributed by atoms with Crippen molar-refractivity contribution in [1.29, 1.82) is 0 Å². The Morgan fingerprint density at radius 1 is 1.29 bits per heavy atom. The number of carbonyl (C=O) groups is 1. The molecular weight excluding hydrogens is 290 g/mol. The number of amides is 1. The highest BCUT2D eigenvalue weighted by Gasteiger charge is 2.05. The number of aliphatic hydroxyl groups excluding tert-OH is 1. The highest BCUT2D eigenvalue weighted by molar-refractivity contribution is 6.30. The third-order valence-corrected chi connectivity index (χ3v) is 3.08. The number of anilines is 1. The zero-order valence-electron chi connectivity index (χ0n) is 11.5. The van der Waals surface area contributed by atoms with E-state index in [1.165, 1.54) is 0 Å². The van der Waals surface area contributed by atoms with Crippen LogP contribution >= 0.6 is 11.6 Å². The van der Waals surface area contributed by atoms with E-state index in [2.05, 4.69) is 5.32 Å². The lowest BCUT2D eigenvalue weighted by Crippen LogP contribution is -2.20. The van der Waals surface area contributed by atoms with Gasteiger partial charge in [0.1, 0.15) is 5.75 Å². The van der Waals surface area contributed by atoms with Crippen LogP contribution in [0.1, 0.15) is 18.6 Å². The van der Waals surface area contributed by atoms with E-state index in [1.807, 2.05) is 0 Å². The molecule has 0 heterocycles. The maximum atomic E-state index is 11.8. The molecule has 0 spiro atoms. The topological polar surface area (TPSA) is 58.6 Å². The molecule has 0 bridgehead atoms. The van der Waals surface area contributed by atoms with Gasteiger partial charge in [0.25, 0.3) is 5.91 Å². The molecule has 0 saturated carbocycles. The summed E-state index contributed by atoms with van der Waals surface area (Å²) in [5.41, 5.74) is 1.42. The van der Waals surface area contributed by atoms with E-state index < -0.39 is 6.10 Å². The number of halogens is 1. The number of nitrogens with one attached hydrogen (secondary N) is 1.